The Kier molecular flexibility index (Phi) is 4.25. The van der Waals surface area contributed by atoms with Crippen LogP contribution in [0.1, 0.15) is 30.9 Å². The third-order valence-corrected chi connectivity index (χ3v) is 5.27. The molecule has 0 aromatic heterocycles. The molecule has 0 radical (unpaired) electrons. The van der Waals surface area contributed by atoms with E-state index in [9.17, 15) is 13.2 Å². The second-order valence-electron chi connectivity index (χ2n) is 5.57. The summed E-state index contributed by atoms with van der Waals surface area (Å²) in [7, 11) is -3.84. The van der Waals surface area contributed by atoms with Crippen LogP contribution >= 0.6 is 0 Å². The monoisotopic (exact) mass is 311 g/mol. The predicted molar refractivity (Wildman–Crippen MR) is 81.3 cm³/mol. The largest absolute Gasteiger partial charge is 0.397 e. The fraction of sp³-hybridized carbons (Fsp3) is 0.500. The molecule has 1 fully saturated rings. The highest BCUT2D eigenvalue weighted by atomic mass is 32.2. The molecule has 2 rings (SSSR count). The Labute approximate surface area is 125 Å². The van der Waals surface area contributed by atoms with Gasteiger partial charge in [-0.3, -0.25) is 4.79 Å². The maximum absolute atomic E-state index is 12.5. The summed E-state index contributed by atoms with van der Waals surface area (Å²) in [4.78, 5) is 11.9. The summed E-state index contributed by atoms with van der Waals surface area (Å²) in [6, 6.07) is 2.83. The molecule has 6 nitrogen and oxygen atoms in total. The van der Waals surface area contributed by atoms with Crippen molar-refractivity contribution in [2.45, 2.75) is 50.6 Å². The number of sulfonamides is 1. The summed E-state index contributed by atoms with van der Waals surface area (Å²) < 4.78 is 27.3. The summed E-state index contributed by atoms with van der Waals surface area (Å²) in [5, 5.41) is 2.77. The zero-order valence-corrected chi connectivity index (χ0v) is 13.3. The van der Waals surface area contributed by atoms with E-state index in [-0.39, 0.29) is 22.5 Å². The van der Waals surface area contributed by atoms with Crippen LogP contribution in [0.15, 0.2) is 17.0 Å². The van der Waals surface area contributed by atoms with Crippen molar-refractivity contribution in [2.75, 3.05) is 5.73 Å². The Bertz CT molecular complexity index is 666. The minimum Gasteiger partial charge on any atom is -0.397 e. The highest BCUT2D eigenvalue weighted by Crippen LogP contribution is 2.26. The molecule has 1 aromatic rings. The lowest BCUT2D eigenvalue weighted by Gasteiger charge is -2.17. The van der Waals surface area contributed by atoms with Gasteiger partial charge < -0.3 is 11.1 Å². The fourth-order valence-electron chi connectivity index (χ4n) is 2.06. The van der Waals surface area contributed by atoms with Crippen molar-refractivity contribution in [3.63, 3.8) is 0 Å². The van der Waals surface area contributed by atoms with Gasteiger partial charge in [-0.15, -0.1) is 0 Å². The molecule has 0 aliphatic heterocycles. The first-order chi connectivity index (χ1) is 9.72. The second-order valence-corrected chi connectivity index (χ2v) is 7.22. The van der Waals surface area contributed by atoms with Gasteiger partial charge in [0.2, 0.25) is 15.9 Å². The summed E-state index contributed by atoms with van der Waals surface area (Å²) >= 11 is 0. The van der Waals surface area contributed by atoms with Crippen LogP contribution in [0.5, 0.6) is 0 Å². The van der Waals surface area contributed by atoms with E-state index in [1.165, 1.54) is 6.92 Å². The van der Waals surface area contributed by atoms with Crippen molar-refractivity contribution in [2.24, 2.45) is 0 Å². The molecule has 116 valence electrons. The van der Waals surface area contributed by atoms with Crippen molar-refractivity contribution < 1.29 is 13.2 Å². The van der Waals surface area contributed by atoms with E-state index >= 15 is 0 Å². The van der Waals surface area contributed by atoms with Gasteiger partial charge in [0.15, 0.2) is 0 Å². The van der Waals surface area contributed by atoms with E-state index < -0.39 is 16.1 Å². The molecule has 1 aliphatic rings. The number of nitrogens with two attached hydrogens (primary N) is 1. The summed E-state index contributed by atoms with van der Waals surface area (Å²) in [6.45, 7) is 4.95. The van der Waals surface area contributed by atoms with E-state index in [4.69, 9.17) is 5.73 Å². The second kappa shape index (κ2) is 5.65. The lowest BCUT2D eigenvalue weighted by molar-refractivity contribution is -0.122. The normalized spacial score (nSPS) is 16.5. The minimum absolute atomic E-state index is 0.0496. The molecule has 4 N–H and O–H groups in total. The molecule has 0 bridgehead atoms. The van der Waals surface area contributed by atoms with E-state index in [0.29, 0.717) is 11.1 Å². The van der Waals surface area contributed by atoms with E-state index in [0.717, 1.165) is 12.8 Å². The topological polar surface area (TPSA) is 101 Å². The number of benzene rings is 1. The molecular formula is C14H21N3O3S. The Balaban J connectivity index is 2.22. The standard InChI is InChI=1S/C14H21N3O3S/c1-8-4-5-9(2)13(12(8)15)21(19,20)17-10(3)14(18)16-11-6-7-11/h4-5,10-11,17H,6-7,15H2,1-3H3,(H,16,18). The molecule has 1 atom stereocenters. The number of nitrogen functional groups attached to an aromatic ring is 1. The zero-order valence-electron chi connectivity index (χ0n) is 12.4. The van der Waals surface area contributed by atoms with Gasteiger partial charge in [-0.05, 0) is 44.7 Å². The highest BCUT2D eigenvalue weighted by molar-refractivity contribution is 7.89. The van der Waals surface area contributed by atoms with Gasteiger partial charge in [0.05, 0.1) is 11.7 Å². The van der Waals surface area contributed by atoms with Gasteiger partial charge in [0, 0.05) is 6.04 Å². The maximum Gasteiger partial charge on any atom is 0.243 e. The molecular weight excluding hydrogens is 290 g/mol. The molecule has 1 amide bonds. The quantitative estimate of drug-likeness (QED) is 0.701. The number of hydrogen-bond acceptors (Lipinski definition) is 4. The SMILES string of the molecule is Cc1ccc(C)c(S(=O)(=O)NC(C)C(=O)NC2CC2)c1N. The molecule has 0 spiro atoms. The molecule has 1 aromatic carbocycles. The molecule has 21 heavy (non-hydrogen) atoms. The van der Waals surface area contributed by atoms with E-state index in [2.05, 4.69) is 10.0 Å². The number of anilines is 1. The van der Waals surface area contributed by atoms with Gasteiger partial charge in [-0.1, -0.05) is 12.1 Å². The third-order valence-electron chi connectivity index (χ3n) is 3.53. The van der Waals surface area contributed by atoms with E-state index in [1.807, 2.05) is 0 Å². The number of rotatable bonds is 5. The molecule has 0 saturated heterocycles. The van der Waals surface area contributed by atoms with Gasteiger partial charge in [0.25, 0.3) is 0 Å². The van der Waals surface area contributed by atoms with Crippen LogP contribution in [0, 0.1) is 13.8 Å². The first kappa shape index (κ1) is 15.8. The lowest BCUT2D eigenvalue weighted by Crippen LogP contribution is -2.45. The molecule has 0 heterocycles. The number of amides is 1. The Morgan fingerprint density at radius 3 is 2.43 bits per heavy atom. The Morgan fingerprint density at radius 1 is 1.29 bits per heavy atom. The average molecular weight is 311 g/mol. The Morgan fingerprint density at radius 2 is 1.86 bits per heavy atom. The molecule has 7 heteroatoms. The average Bonchev–Trinajstić information content (AvgIpc) is 3.17. The van der Waals surface area contributed by atoms with Crippen molar-refractivity contribution in [1.82, 2.24) is 10.0 Å². The smallest absolute Gasteiger partial charge is 0.243 e. The van der Waals surface area contributed by atoms with Crippen molar-refractivity contribution in [1.29, 1.82) is 0 Å². The van der Waals surface area contributed by atoms with Crippen LogP contribution in [0.3, 0.4) is 0 Å². The van der Waals surface area contributed by atoms with Crippen molar-refractivity contribution >= 4 is 21.6 Å². The van der Waals surface area contributed by atoms with Gasteiger partial charge in [-0.25, -0.2) is 8.42 Å². The maximum atomic E-state index is 12.5. The number of carbonyl (C=O) groups excluding carboxylic acids is 1. The summed E-state index contributed by atoms with van der Waals surface area (Å²) in [6.07, 6.45) is 1.91. The van der Waals surface area contributed by atoms with Crippen molar-refractivity contribution in [3.8, 4) is 0 Å². The predicted octanol–water partition coefficient (Wildman–Crippen LogP) is 0.831. The Hall–Kier alpha value is -1.60. The molecule has 1 unspecified atom stereocenters. The van der Waals surface area contributed by atoms with Crippen LogP contribution in [0.25, 0.3) is 0 Å². The van der Waals surface area contributed by atoms with Crippen molar-refractivity contribution in [3.05, 3.63) is 23.3 Å². The number of nitrogens with one attached hydrogen (secondary N) is 2. The fourth-order valence-corrected chi connectivity index (χ4v) is 3.70. The lowest BCUT2D eigenvalue weighted by atomic mass is 10.1. The number of hydrogen-bond donors (Lipinski definition) is 3. The van der Waals surface area contributed by atoms with Crippen LogP contribution < -0.4 is 15.8 Å². The van der Waals surface area contributed by atoms with E-state index in [1.54, 1.807) is 26.0 Å². The molecule has 1 aliphatic carbocycles. The van der Waals surface area contributed by atoms with Gasteiger partial charge >= 0.3 is 0 Å². The van der Waals surface area contributed by atoms with Gasteiger partial charge in [0.1, 0.15) is 4.90 Å². The zero-order chi connectivity index (χ0) is 15.8. The summed E-state index contributed by atoms with van der Waals surface area (Å²) in [5.74, 6) is -0.315. The first-order valence-electron chi connectivity index (χ1n) is 6.90. The van der Waals surface area contributed by atoms with Crippen LogP contribution in [-0.4, -0.2) is 26.4 Å². The first-order valence-corrected chi connectivity index (χ1v) is 8.39. The highest BCUT2D eigenvalue weighted by Gasteiger charge is 2.29. The third kappa shape index (κ3) is 3.54. The summed E-state index contributed by atoms with van der Waals surface area (Å²) in [5.41, 5.74) is 7.36. The van der Waals surface area contributed by atoms with Gasteiger partial charge in [-0.2, -0.15) is 4.72 Å². The number of aryl methyl sites for hydroxylation is 2. The molecule has 1 saturated carbocycles. The van der Waals surface area contributed by atoms with Crippen LogP contribution in [0.4, 0.5) is 5.69 Å². The van der Waals surface area contributed by atoms with Crippen LogP contribution in [0.2, 0.25) is 0 Å². The van der Waals surface area contributed by atoms with Crippen LogP contribution in [-0.2, 0) is 14.8 Å². The number of carbonyl (C=O) groups is 1. The minimum atomic E-state index is -3.84.